The van der Waals surface area contributed by atoms with Crippen molar-refractivity contribution in [3.63, 3.8) is 0 Å². The van der Waals surface area contributed by atoms with E-state index >= 15 is 0 Å². The van der Waals surface area contributed by atoms with Crippen molar-refractivity contribution in [2.45, 2.75) is 47.0 Å². The van der Waals surface area contributed by atoms with Gasteiger partial charge < -0.3 is 4.42 Å². The minimum atomic E-state index is 0.0938. The lowest BCUT2D eigenvalue weighted by molar-refractivity contribution is 0.114. The van der Waals surface area contributed by atoms with Crippen LogP contribution in [0.3, 0.4) is 0 Å². The summed E-state index contributed by atoms with van der Waals surface area (Å²) in [6, 6.07) is 4.06. The summed E-state index contributed by atoms with van der Waals surface area (Å²) in [5, 5.41) is 0. The minimum Gasteiger partial charge on any atom is -0.469 e. The summed E-state index contributed by atoms with van der Waals surface area (Å²) in [7, 11) is 0. The third kappa shape index (κ3) is 1.60. The van der Waals surface area contributed by atoms with Crippen molar-refractivity contribution in [2.24, 2.45) is 11.3 Å². The molecule has 0 fully saturated rings. The first-order valence-corrected chi connectivity index (χ1v) is 5.34. The fourth-order valence-electron chi connectivity index (χ4n) is 2.09. The molecule has 0 amide bonds. The quantitative estimate of drug-likeness (QED) is 0.686. The van der Waals surface area contributed by atoms with Crippen molar-refractivity contribution in [1.82, 2.24) is 0 Å². The van der Waals surface area contributed by atoms with Crippen LogP contribution in [-0.2, 0) is 5.41 Å². The first-order valence-electron chi connectivity index (χ1n) is 5.34. The first kappa shape index (κ1) is 11.4. The summed E-state index contributed by atoms with van der Waals surface area (Å²) in [5.41, 5.74) is 0.301. The largest absolute Gasteiger partial charge is 0.469 e. The number of rotatable bonds is 2. The summed E-state index contributed by atoms with van der Waals surface area (Å²) in [5.74, 6) is 1.66. The van der Waals surface area contributed by atoms with Gasteiger partial charge in [-0.15, -0.1) is 0 Å². The van der Waals surface area contributed by atoms with Crippen LogP contribution in [0.25, 0.3) is 0 Å². The minimum absolute atomic E-state index is 0.0938. The number of hydrogen-bond donors (Lipinski definition) is 0. The summed E-state index contributed by atoms with van der Waals surface area (Å²) >= 11 is 0. The third-order valence-corrected chi connectivity index (χ3v) is 3.75. The highest BCUT2D eigenvalue weighted by molar-refractivity contribution is 5.17. The zero-order chi connectivity index (χ0) is 11.0. The molecule has 1 heterocycles. The molecule has 0 aliphatic heterocycles. The molecule has 14 heavy (non-hydrogen) atoms. The lowest BCUT2D eigenvalue weighted by atomic mass is 9.60. The van der Waals surface area contributed by atoms with E-state index in [9.17, 15) is 0 Å². The van der Waals surface area contributed by atoms with Crippen molar-refractivity contribution in [3.05, 3.63) is 24.2 Å². The zero-order valence-electron chi connectivity index (χ0n) is 10.2. The van der Waals surface area contributed by atoms with Crippen LogP contribution in [-0.4, -0.2) is 0 Å². The van der Waals surface area contributed by atoms with Crippen LogP contribution in [0.4, 0.5) is 0 Å². The van der Waals surface area contributed by atoms with Crippen molar-refractivity contribution < 1.29 is 4.42 Å². The normalized spacial score (nSPS) is 17.1. The Kier molecular flexibility index (Phi) is 2.80. The zero-order valence-corrected chi connectivity index (χ0v) is 10.2. The molecule has 0 saturated carbocycles. The second kappa shape index (κ2) is 3.45. The van der Waals surface area contributed by atoms with Gasteiger partial charge in [0, 0.05) is 5.41 Å². The molecular weight excluding hydrogens is 172 g/mol. The fraction of sp³-hybridized carbons (Fsp3) is 0.692. The van der Waals surface area contributed by atoms with E-state index in [0.717, 1.165) is 5.76 Å². The van der Waals surface area contributed by atoms with Crippen LogP contribution < -0.4 is 0 Å². The molecule has 1 rings (SSSR count). The molecule has 1 aromatic heterocycles. The molecule has 0 N–H and O–H groups in total. The van der Waals surface area contributed by atoms with Gasteiger partial charge in [0.2, 0.25) is 0 Å². The highest BCUT2D eigenvalue weighted by Crippen LogP contribution is 2.46. The Hall–Kier alpha value is -0.720. The maximum absolute atomic E-state index is 5.59. The Balaban J connectivity index is 3.20. The van der Waals surface area contributed by atoms with Crippen LogP contribution in [0.2, 0.25) is 0 Å². The van der Waals surface area contributed by atoms with Gasteiger partial charge in [0.05, 0.1) is 6.26 Å². The first-order chi connectivity index (χ1) is 6.30. The van der Waals surface area contributed by atoms with Gasteiger partial charge in [0.25, 0.3) is 0 Å². The second-order valence-corrected chi connectivity index (χ2v) is 5.58. The van der Waals surface area contributed by atoms with Gasteiger partial charge in [-0.1, -0.05) is 41.5 Å². The summed E-state index contributed by atoms with van der Waals surface area (Å²) in [6.07, 6.45) is 1.77. The molecule has 1 aromatic rings. The van der Waals surface area contributed by atoms with Crippen molar-refractivity contribution in [2.75, 3.05) is 0 Å². The van der Waals surface area contributed by atoms with Crippen LogP contribution in [0.15, 0.2) is 22.8 Å². The average Bonchev–Trinajstić information content (AvgIpc) is 2.52. The van der Waals surface area contributed by atoms with E-state index in [1.807, 2.05) is 6.07 Å². The topological polar surface area (TPSA) is 13.1 Å². The number of furan rings is 1. The van der Waals surface area contributed by atoms with Gasteiger partial charge in [0.15, 0.2) is 0 Å². The Morgan fingerprint density at radius 3 is 2.00 bits per heavy atom. The Labute approximate surface area is 87.5 Å². The van der Waals surface area contributed by atoms with Gasteiger partial charge in [-0.3, -0.25) is 0 Å². The van der Waals surface area contributed by atoms with Crippen LogP contribution >= 0.6 is 0 Å². The second-order valence-electron chi connectivity index (χ2n) is 5.58. The molecule has 1 heteroatoms. The van der Waals surface area contributed by atoms with Crippen LogP contribution in [0.5, 0.6) is 0 Å². The molecular formula is C13H22O. The van der Waals surface area contributed by atoms with E-state index in [1.165, 1.54) is 0 Å². The maximum Gasteiger partial charge on any atom is 0.110 e. The lowest BCUT2D eigenvalue weighted by Gasteiger charge is -2.43. The molecule has 80 valence electrons. The molecule has 0 aromatic carbocycles. The lowest BCUT2D eigenvalue weighted by Crippen LogP contribution is -2.41. The average molecular weight is 194 g/mol. The van der Waals surface area contributed by atoms with E-state index in [2.05, 4.69) is 47.6 Å². The van der Waals surface area contributed by atoms with Gasteiger partial charge in [-0.05, 0) is 23.5 Å². The Morgan fingerprint density at radius 2 is 1.71 bits per heavy atom. The highest BCUT2D eigenvalue weighted by Gasteiger charge is 2.43. The number of hydrogen-bond acceptors (Lipinski definition) is 1. The third-order valence-electron chi connectivity index (χ3n) is 3.75. The molecule has 0 spiro atoms. The van der Waals surface area contributed by atoms with Crippen molar-refractivity contribution in [3.8, 4) is 0 Å². The van der Waals surface area contributed by atoms with E-state index < -0.39 is 0 Å². The SMILES string of the molecule is CC(C)C(C)(c1ccco1)C(C)(C)C. The highest BCUT2D eigenvalue weighted by atomic mass is 16.3. The summed E-state index contributed by atoms with van der Waals surface area (Å²) < 4.78 is 5.59. The smallest absolute Gasteiger partial charge is 0.110 e. The predicted octanol–water partition coefficient (Wildman–Crippen LogP) is 4.24. The van der Waals surface area contributed by atoms with Crippen molar-refractivity contribution >= 4 is 0 Å². The molecule has 1 nitrogen and oxygen atoms in total. The standard InChI is InChI=1S/C13H22O/c1-10(2)13(6,12(3,4)5)11-8-7-9-14-11/h7-10H,1-6H3. The molecule has 0 aliphatic rings. The van der Waals surface area contributed by atoms with Crippen LogP contribution in [0, 0.1) is 11.3 Å². The molecule has 1 unspecified atom stereocenters. The molecule has 0 saturated heterocycles. The summed E-state index contributed by atoms with van der Waals surface area (Å²) in [6.45, 7) is 13.6. The predicted molar refractivity (Wildman–Crippen MR) is 60.4 cm³/mol. The molecule has 1 atom stereocenters. The summed E-state index contributed by atoms with van der Waals surface area (Å²) in [4.78, 5) is 0. The van der Waals surface area contributed by atoms with E-state index in [1.54, 1.807) is 6.26 Å². The van der Waals surface area contributed by atoms with Gasteiger partial charge in [-0.25, -0.2) is 0 Å². The Morgan fingerprint density at radius 1 is 1.14 bits per heavy atom. The molecule has 0 aliphatic carbocycles. The molecule has 0 bridgehead atoms. The van der Waals surface area contributed by atoms with E-state index in [4.69, 9.17) is 4.42 Å². The monoisotopic (exact) mass is 194 g/mol. The van der Waals surface area contributed by atoms with Gasteiger partial charge >= 0.3 is 0 Å². The van der Waals surface area contributed by atoms with Gasteiger partial charge in [-0.2, -0.15) is 0 Å². The fourth-order valence-corrected chi connectivity index (χ4v) is 2.09. The van der Waals surface area contributed by atoms with Crippen molar-refractivity contribution in [1.29, 1.82) is 0 Å². The Bertz CT molecular complexity index is 277. The van der Waals surface area contributed by atoms with Gasteiger partial charge in [0.1, 0.15) is 5.76 Å². The van der Waals surface area contributed by atoms with E-state index in [-0.39, 0.29) is 10.8 Å². The van der Waals surface area contributed by atoms with Crippen LogP contribution in [0.1, 0.15) is 47.3 Å². The van der Waals surface area contributed by atoms with E-state index in [0.29, 0.717) is 5.92 Å². The molecule has 0 radical (unpaired) electrons. The maximum atomic E-state index is 5.59.